The number of hydrogen-bond acceptors (Lipinski definition) is 5. The molecule has 1 aliphatic rings. The van der Waals surface area contributed by atoms with Gasteiger partial charge in [0, 0.05) is 11.3 Å². The van der Waals surface area contributed by atoms with E-state index in [1.54, 1.807) is 48.5 Å². The molecule has 138 valence electrons. The Balaban J connectivity index is 1.62. The van der Waals surface area contributed by atoms with Gasteiger partial charge >= 0.3 is 0 Å². The standard InChI is InChI=1S/C19H16ClN3O3S/c1-12(24)13-6-8-14(9-7-13)22-17(25)11-27-19-21-10-18(26)23(19)16-5-3-2-4-15(16)20/h2-9H,10-11H2,1H3,(H,22,25). The van der Waals surface area contributed by atoms with Crippen LogP contribution in [0.1, 0.15) is 17.3 Å². The van der Waals surface area contributed by atoms with Crippen molar-refractivity contribution in [2.45, 2.75) is 6.92 Å². The summed E-state index contributed by atoms with van der Waals surface area (Å²) < 4.78 is 0. The molecule has 27 heavy (non-hydrogen) atoms. The van der Waals surface area contributed by atoms with Gasteiger partial charge in [0.15, 0.2) is 11.0 Å². The minimum atomic E-state index is -0.239. The van der Waals surface area contributed by atoms with Crippen molar-refractivity contribution >= 4 is 57.5 Å². The van der Waals surface area contributed by atoms with Crippen molar-refractivity contribution in [3.05, 3.63) is 59.1 Å². The van der Waals surface area contributed by atoms with Crippen molar-refractivity contribution in [1.82, 2.24) is 0 Å². The minimum Gasteiger partial charge on any atom is -0.325 e. The SMILES string of the molecule is CC(=O)c1ccc(NC(=O)CSC2=NCC(=O)N2c2ccccc2Cl)cc1. The molecule has 2 aromatic carbocycles. The van der Waals surface area contributed by atoms with Crippen LogP contribution < -0.4 is 10.2 Å². The average molecular weight is 402 g/mol. The van der Waals surface area contributed by atoms with Gasteiger partial charge in [-0.1, -0.05) is 35.5 Å². The quantitative estimate of drug-likeness (QED) is 0.776. The third-order valence-electron chi connectivity index (χ3n) is 3.79. The molecule has 0 aliphatic carbocycles. The third kappa shape index (κ3) is 4.56. The van der Waals surface area contributed by atoms with Crippen LogP contribution in [0.2, 0.25) is 5.02 Å². The number of benzene rings is 2. The van der Waals surface area contributed by atoms with Crippen molar-refractivity contribution in [2.75, 3.05) is 22.5 Å². The van der Waals surface area contributed by atoms with Gasteiger partial charge in [-0.25, -0.2) is 0 Å². The lowest BCUT2D eigenvalue weighted by Crippen LogP contribution is -2.31. The van der Waals surface area contributed by atoms with E-state index in [1.165, 1.54) is 23.6 Å². The number of Topliss-reactive ketones (excluding diaryl/α,β-unsaturated/α-hetero) is 1. The van der Waals surface area contributed by atoms with Gasteiger partial charge in [-0.05, 0) is 43.3 Å². The van der Waals surface area contributed by atoms with Crippen LogP contribution in [0.3, 0.4) is 0 Å². The number of anilines is 2. The molecule has 0 fully saturated rings. The van der Waals surface area contributed by atoms with Crippen molar-refractivity contribution < 1.29 is 14.4 Å². The number of thioether (sulfide) groups is 1. The summed E-state index contributed by atoms with van der Waals surface area (Å²) in [5.74, 6) is -0.379. The highest BCUT2D eigenvalue weighted by atomic mass is 35.5. The molecule has 0 saturated heterocycles. The van der Waals surface area contributed by atoms with E-state index in [9.17, 15) is 14.4 Å². The maximum absolute atomic E-state index is 12.2. The van der Waals surface area contributed by atoms with Crippen LogP contribution in [0.15, 0.2) is 53.5 Å². The predicted octanol–water partition coefficient (Wildman–Crippen LogP) is 3.62. The maximum atomic E-state index is 12.2. The molecule has 0 spiro atoms. The number of hydrogen-bond donors (Lipinski definition) is 1. The zero-order chi connectivity index (χ0) is 19.4. The molecule has 1 aliphatic heterocycles. The van der Waals surface area contributed by atoms with E-state index >= 15 is 0 Å². The van der Waals surface area contributed by atoms with Gasteiger partial charge in [0.1, 0.15) is 6.54 Å². The number of nitrogens with one attached hydrogen (secondary N) is 1. The lowest BCUT2D eigenvalue weighted by atomic mass is 10.1. The van der Waals surface area contributed by atoms with Gasteiger partial charge in [-0.3, -0.25) is 24.3 Å². The number of para-hydroxylation sites is 1. The van der Waals surface area contributed by atoms with Crippen molar-refractivity contribution in [3.63, 3.8) is 0 Å². The summed E-state index contributed by atoms with van der Waals surface area (Å²) >= 11 is 7.34. The van der Waals surface area contributed by atoms with E-state index in [0.29, 0.717) is 27.1 Å². The zero-order valence-corrected chi connectivity index (χ0v) is 16.0. The number of amides is 2. The fraction of sp³-hybridized carbons (Fsp3) is 0.158. The first kappa shape index (κ1) is 19.1. The topological polar surface area (TPSA) is 78.8 Å². The monoisotopic (exact) mass is 401 g/mol. The van der Waals surface area contributed by atoms with E-state index in [0.717, 1.165) is 0 Å². The molecule has 3 rings (SSSR count). The number of carbonyl (C=O) groups excluding carboxylic acids is 3. The fourth-order valence-corrected chi connectivity index (χ4v) is 3.52. The van der Waals surface area contributed by atoms with E-state index in [1.807, 2.05) is 0 Å². The summed E-state index contributed by atoms with van der Waals surface area (Å²) in [6, 6.07) is 13.7. The largest absolute Gasteiger partial charge is 0.325 e. The Bertz CT molecular complexity index is 928. The van der Waals surface area contributed by atoms with Gasteiger partial charge < -0.3 is 5.32 Å². The molecule has 0 aromatic heterocycles. The van der Waals surface area contributed by atoms with Crippen LogP contribution in [0.4, 0.5) is 11.4 Å². The van der Waals surface area contributed by atoms with Crippen molar-refractivity contribution in [3.8, 4) is 0 Å². The van der Waals surface area contributed by atoms with Crippen LogP contribution in [0.5, 0.6) is 0 Å². The molecular weight excluding hydrogens is 386 g/mol. The lowest BCUT2D eigenvalue weighted by molar-refractivity contribution is -0.116. The number of nitrogens with zero attached hydrogens (tertiary/aromatic N) is 2. The van der Waals surface area contributed by atoms with Crippen LogP contribution in [0, 0.1) is 0 Å². The number of rotatable bonds is 5. The smallest absolute Gasteiger partial charge is 0.254 e. The molecule has 2 amide bonds. The summed E-state index contributed by atoms with van der Waals surface area (Å²) in [6.45, 7) is 1.51. The Labute approximate surface area is 165 Å². The average Bonchev–Trinajstić information content (AvgIpc) is 3.01. The third-order valence-corrected chi connectivity index (χ3v) is 5.09. The highest BCUT2D eigenvalue weighted by molar-refractivity contribution is 8.14. The number of carbonyl (C=O) groups is 3. The summed E-state index contributed by atoms with van der Waals surface area (Å²) in [7, 11) is 0. The van der Waals surface area contributed by atoms with E-state index in [4.69, 9.17) is 11.6 Å². The van der Waals surface area contributed by atoms with Gasteiger partial charge in [0.25, 0.3) is 5.91 Å². The zero-order valence-electron chi connectivity index (χ0n) is 14.4. The molecule has 0 atom stereocenters. The van der Waals surface area contributed by atoms with E-state index < -0.39 is 0 Å². The number of aliphatic imine (C=N–C) groups is 1. The van der Waals surface area contributed by atoms with Crippen molar-refractivity contribution in [2.24, 2.45) is 4.99 Å². The number of amidine groups is 1. The van der Waals surface area contributed by atoms with Crippen LogP contribution in [-0.2, 0) is 9.59 Å². The number of ketones is 1. The van der Waals surface area contributed by atoms with Gasteiger partial charge in [0.05, 0.1) is 16.5 Å². The second kappa shape index (κ2) is 8.37. The molecule has 8 heteroatoms. The molecule has 0 unspecified atom stereocenters. The fourth-order valence-electron chi connectivity index (χ4n) is 2.48. The van der Waals surface area contributed by atoms with Crippen LogP contribution in [0.25, 0.3) is 0 Å². The Morgan fingerprint density at radius 2 is 1.89 bits per heavy atom. The lowest BCUT2D eigenvalue weighted by Gasteiger charge is -2.19. The second-order valence-corrected chi connectivity index (χ2v) is 7.10. The molecule has 0 saturated carbocycles. The van der Waals surface area contributed by atoms with Gasteiger partial charge in [-0.2, -0.15) is 0 Å². The number of halogens is 1. The first-order valence-electron chi connectivity index (χ1n) is 8.11. The molecule has 2 aromatic rings. The molecule has 0 bridgehead atoms. The summed E-state index contributed by atoms with van der Waals surface area (Å²) in [5.41, 5.74) is 1.72. The minimum absolute atomic E-state index is 0.0294. The van der Waals surface area contributed by atoms with Crippen molar-refractivity contribution in [1.29, 1.82) is 0 Å². The highest BCUT2D eigenvalue weighted by Crippen LogP contribution is 2.30. The molecule has 6 nitrogen and oxygen atoms in total. The Morgan fingerprint density at radius 3 is 2.56 bits per heavy atom. The molecule has 0 radical (unpaired) electrons. The predicted molar refractivity (Wildman–Crippen MR) is 109 cm³/mol. The first-order valence-corrected chi connectivity index (χ1v) is 9.47. The van der Waals surface area contributed by atoms with Crippen LogP contribution in [-0.4, -0.2) is 35.1 Å². The molecule has 1 N–H and O–H groups in total. The summed E-state index contributed by atoms with van der Waals surface area (Å²) in [4.78, 5) is 41.3. The Morgan fingerprint density at radius 1 is 1.19 bits per heavy atom. The van der Waals surface area contributed by atoms with Crippen LogP contribution >= 0.6 is 23.4 Å². The molecular formula is C19H16ClN3O3S. The van der Waals surface area contributed by atoms with Gasteiger partial charge in [0.2, 0.25) is 5.91 Å². The first-order chi connectivity index (χ1) is 13.0. The normalized spacial score (nSPS) is 13.5. The summed E-state index contributed by atoms with van der Waals surface area (Å²) in [5, 5.41) is 3.63. The highest BCUT2D eigenvalue weighted by Gasteiger charge is 2.29. The van der Waals surface area contributed by atoms with Gasteiger partial charge in [-0.15, -0.1) is 0 Å². The Hall–Kier alpha value is -2.64. The van der Waals surface area contributed by atoms with E-state index in [2.05, 4.69) is 10.3 Å². The summed E-state index contributed by atoms with van der Waals surface area (Å²) in [6.07, 6.45) is 0. The van der Waals surface area contributed by atoms with E-state index in [-0.39, 0.29) is 29.9 Å². The maximum Gasteiger partial charge on any atom is 0.254 e. The second-order valence-electron chi connectivity index (χ2n) is 5.75. The molecule has 1 heterocycles. The Kier molecular flexibility index (Phi) is 5.93.